The summed E-state index contributed by atoms with van der Waals surface area (Å²) in [4.78, 5) is 24.9. The first kappa shape index (κ1) is 13.4. The molecule has 20 heavy (non-hydrogen) atoms. The van der Waals surface area contributed by atoms with Gasteiger partial charge in [0.05, 0.1) is 0 Å². The maximum atomic E-state index is 14.5. The normalized spacial score (nSPS) is 40.0. The topological polar surface area (TPSA) is 103 Å². The van der Waals surface area contributed by atoms with Gasteiger partial charge in [0.15, 0.2) is 12.3 Å². The Bertz CT molecular complexity index is 644. The molecule has 8 nitrogen and oxygen atoms in total. The van der Waals surface area contributed by atoms with Crippen molar-refractivity contribution in [1.29, 1.82) is 0 Å². The Balaban J connectivity index is 2.10. The third-order valence-electron chi connectivity index (χ3n) is 3.63. The van der Waals surface area contributed by atoms with Crippen molar-refractivity contribution in [3.05, 3.63) is 33.1 Å². The van der Waals surface area contributed by atoms with Crippen molar-refractivity contribution in [3.63, 3.8) is 0 Å². The summed E-state index contributed by atoms with van der Waals surface area (Å²) in [5.74, 6) is -2.48. The number of fused-ring (bicyclic) bond motifs is 1. The molecule has 9 heteroatoms. The molecule has 1 aromatic heterocycles. The van der Waals surface area contributed by atoms with Crippen molar-refractivity contribution >= 4 is 0 Å². The molecule has 2 saturated heterocycles. The maximum Gasteiger partial charge on any atom is 0.330 e. The van der Waals surface area contributed by atoms with E-state index in [4.69, 9.17) is 14.2 Å². The van der Waals surface area contributed by atoms with E-state index in [1.54, 1.807) is 0 Å². The SMILES string of the molecule is CC12OCOC1C(F)(CO)OC2n1ccc(=O)[nH]c1=O. The third-order valence-corrected chi connectivity index (χ3v) is 3.63. The van der Waals surface area contributed by atoms with Crippen LogP contribution in [0, 0.1) is 0 Å². The van der Waals surface area contributed by atoms with E-state index in [9.17, 15) is 19.1 Å². The monoisotopic (exact) mass is 288 g/mol. The van der Waals surface area contributed by atoms with Crippen molar-refractivity contribution in [3.8, 4) is 0 Å². The molecule has 2 fully saturated rings. The second kappa shape index (κ2) is 4.22. The van der Waals surface area contributed by atoms with Crippen LogP contribution in [0.3, 0.4) is 0 Å². The Hall–Kier alpha value is -1.55. The molecule has 0 aromatic carbocycles. The van der Waals surface area contributed by atoms with Crippen LogP contribution >= 0.6 is 0 Å². The van der Waals surface area contributed by atoms with E-state index in [0.717, 1.165) is 10.6 Å². The molecule has 3 heterocycles. The van der Waals surface area contributed by atoms with Crippen LogP contribution in [0.15, 0.2) is 21.9 Å². The van der Waals surface area contributed by atoms with Crippen molar-refractivity contribution < 1.29 is 23.7 Å². The zero-order valence-corrected chi connectivity index (χ0v) is 10.5. The van der Waals surface area contributed by atoms with E-state index in [-0.39, 0.29) is 6.79 Å². The minimum atomic E-state index is -2.48. The lowest BCUT2D eigenvalue weighted by molar-refractivity contribution is -0.230. The Morgan fingerprint density at radius 2 is 2.35 bits per heavy atom. The summed E-state index contributed by atoms with van der Waals surface area (Å²) in [5, 5.41) is 9.18. The van der Waals surface area contributed by atoms with Gasteiger partial charge in [0.2, 0.25) is 0 Å². The number of nitrogens with zero attached hydrogens (tertiary/aromatic N) is 1. The zero-order chi connectivity index (χ0) is 14.5. The summed E-state index contributed by atoms with van der Waals surface area (Å²) >= 11 is 0. The molecule has 110 valence electrons. The highest BCUT2D eigenvalue weighted by atomic mass is 19.2. The average Bonchev–Trinajstić information content (AvgIpc) is 2.88. The molecule has 4 atom stereocenters. The lowest BCUT2D eigenvalue weighted by atomic mass is 9.95. The highest BCUT2D eigenvalue weighted by molar-refractivity contribution is 5.07. The number of aromatic amines is 1. The maximum absolute atomic E-state index is 14.5. The van der Waals surface area contributed by atoms with Gasteiger partial charge in [-0.25, -0.2) is 9.18 Å². The number of aromatic nitrogens is 2. The first-order chi connectivity index (χ1) is 9.40. The van der Waals surface area contributed by atoms with Crippen molar-refractivity contribution in [2.75, 3.05) is 13.4 Å². The summed E-state index contributed by atoms with van der Waals surface area (Å²) in [7, 11) is 0. The summed E-state index contributed by atoms with van der Waals surface area (Å²) in [6.45, 7) is 0.403. The Kier molecular flexibility index (Phi) is 2.83. The van der Waals surface area contributed by atoms with Gasteiger partial charge in [-0.15, -0.1) is 0 Å². The van der Waals surface area contributed by atoms with Crippen LogP contribution in [0.25, 0.3) is 0 Å². The number of aliphatic hydroxyl groups excluding tert-OH is 1. The second-order valence-corrected chi connectivity index (χ2v) is 4.92. The fourth-order valence-electron chi connectivity index (χ4n) is 2.65. The molecule has 0 saturated carbocycles. The van der Waals surface area contributed by atoms with E-state index in [2.05, 4.69) is 0 Å². The number of hydrogen-bond acceptors (Lipinski definition) is 6. The van der Waals surface area contributed by atoms with E-state index < -0.39 is 41.6 Å². The van der Waals surface area contributed by atoms with Gasteiger partial charge in [0.1, 0.15) is 19.0 Å². The first-order valence-corrected chi connectivity index (χ1v) is 5.95. The van der Waals surface area contributed by atoms with Crippen LogP contribution in [0.1, 0.15) is 13.2 Å². The number of H-pyrrole nitrogens is 1. The van der Waals surface area contributed by atoms with Gasteiger partial charge in [-0.2, -0.15) is 0 Å². The van der Waals surface area contributed by atoms with Crippen LogP contribution in [0.2, 0.25) is 0 Å². The highest BCUT2D eigenvalue weighted by Crippen LogP contribution is 2.50. The zero-order valence-electron chi connectivity index (χ0n) is 10.5. The fraction of sp³-hybridized carbons (Fsp3) is 0.636. The van der Waals surface area contributed by atoms with E-state index in [0.29, 0.717) is 0 Å². The predicted molar refractivity (Wildman–Crippen MR) is 61.6 cm³/mol. The van der Waals surface area contributed by atoms with Gasteiger partial charge < -0.3 is 19.3 Å². The lowest BCUT2D eigenvalue weighted by Gasteiger charge is -2.27. The average molecular weight is 288 g/mol. The van der Waals surface area contributed by atoms with Crippen molar-refractivity contribution in [1.82, 2.24) is 9.55 Å². The quantitative estimate of drug-likeness (QED) is 0.713. The molecule has 0 spiro atoms. The van der Waals surface area contributed by atoms with Crippen LogP contribution in [-0.2, 0) is 14.2 Å². The molecule has 0 amide bonds. The number of hydrogen-bond donors (Lipinski definition) is 2. The molecular weight excluding hydrogens is 275 g/mol. The standard InChI is InChI=1S/C11H13FN2O6/c1-10-7(18-5-19-10)11(12,4-15)20-8(10)14-3-2-6(16)13-9(14)17/h2-3,7-8,15H,4-5H2,1H3,(H,13,16,17). The van der Waals surface area contributed by atoms with Crippen LogP contribution in [-0.4, -0.2) is 45.6 Å². The van der Waals surface area contributed by atoms with Crippen molar-refractivity contribution in [2.24, 2.45) is 0 Å². The second-order valence-electron chi connectivity index (χ2n) is 4.92. The largest absolute Gasteiger partial charge is 0.390 e. The number of ether oxygens (including phenoxy) is 3. The van der Waals surface area contributed by atoms with Gasteiger partial charge in [-0.1, -0.05) is 0 Å². The summed E-state index contributed by atoms with van der Waals surface area (Å²) in [6.07, 6.45) is -1.17. The number of aliphatic hydroxyl groups is 1. The minimum Gasteiger partial charge on any atom is -0.390 e. The van der Waals surface area contributed by atoms with Gasteiger partial charge in [0, 0.05) is 12.3 Å². The third kappa shape index (κ3) is 1.67. The van der Waals surface area contributed by atoms with E-state index >= 15 is 0 Å². The highest BCUT2D eigenvalue weighted by Gasteiger charge is 2.68. The molecule has 2 aliphatic heterocycles. The molecule has 2 N–H and O–H groups in total. The Morgan fingerprint density at radius 3 is 3.00 bits per heavy atom. The molecular formula is C11H13FN2O6. The summed E-state index contributed by atoms with van der Waals surface area (Å²) in [5.41, 5.74) is -2.64. The van der Waals surface area contributed by atoms with Gasteiger partial charge >= 0.3 is 5.69 Å². The molecule has 1 aromatic rings. The predicted octanol–water partition coefficient (Wildman–Crippen LogP) is -1.14. The smallest absolute Gasteiger partial charge is 0.330 e. The minimum absolute atomic E-state index is 0.176. The Labute approximate surface area is 111 Å². The number of alkyl halides is 1. The van der Waals surface area contributed by atoms with Crippen LogP contribution in [0.5, 0.6) is 0 Å². The molecule has 3 rings (SSSR count). The van der Waals surface area contributed by atoms with Gasteiger partial charge in [-0.3, -0.25) is 14.3 Å². The first-order valence-electron chi connectivity index (χ1n) is 5.95. The van der Waals surface area contributed by atoms with Gasteiger partial charge in [-0.05, 0) is 6.92 Å². The number of nitrogens with one attached hydrogen (secondary N) is 1. The van der Waals surface area contributed by atoms with E-state index in [1.165, 1.54) is 13.1 Å². The molecule has 0 radical (unpaired) electrons. The van der Waals surface area contributed by atoms with Crippen LogP contribution < -0.4 is 11.2 Å². The summed E-state index contributed by atoms with van der Waals surface area (Å²) in [6, 6.07) is 1.11. The van der Waals surface area contributed by atoms with E-state index in [1.807, 2.05) is 4.98 Å². The molecule has 4 unspecified atom stereocenters. The Morgan fingerprint density at radius 1 is 1.60 bits per heavy atom. The fourth-order valence-corrected chi connectivity index (χ4v) is 2.65. The summed E-state index contributed by atoms with van der Waals surface area (Å²) < 4.78 is 31.2. The van der Waals surface area contributed by atoms with Crippen LogP contribution in [0.4, 0.5) is 4.39 Å². The lowest BCUT2D eigenvalue weighted by Crippen LogP contribution is -2.47. The molecule has 2 aliphatic rings. The molecule has 0 bridgehead atoms. The number of rotatable bonds is 2. The molecule has 0 aliphatic carbocycles. The number of halogens is 1. The van der Waals surface area contributed by atoms with Gasteiger partial charge in [0.25, 0.3) is 11.4 Å². The van der Waals surface area contributed by atoms with Crippen molar-refractivity contribution in [2.45, 2.75) is 30.7 Å².